The van der Waals surface area contributed by atoms with Crippen molar-refractivity contribution in [3.05, 3.63) is 29.3 Å². The van der Waals surface area contributed by atoms with Crippen LogP contribution >= 0.6 is 0 Å². The summed E-state index contributed by atoms with van der Waals surface area (Å²) in [5.74, 6) is 3.55. The molecule has 0 bridgehead atoms. The summed E-state index contributed by atoms with van der Waals surface area (Å²) in [6, 6.07) is 7.03. The third-order valence-electron chi connectivity index (χ3n) is 7.53. The Morgan fingerprint density at radius 2 is 1.68 bits per heavy atom. The Labute approximate surface area is 174 Å². The van der Waals surface area contributed by atoms with Gasteiger partial charge in [0.05, 0.1) is 6.10 Å². The Morgan fingerprint density at radius 1 is 0.929 bits per heavy atom. The van der Waals surface area contributed by atoms with Crippen LogP contribution < -0.4 is 4.43 Å². The topological polar surface area (TPSA) is 18.5 Å². The van der Waals surface area contributed by atoms with Crippen molar-refractivity contribution in [3.63, 3.8) is 0 Å². The number of aryl methyl sites for hydroxylation is 1. The molecule has 0 amide bonds. The van der Waals surface area contributed by atoms with E-state index in [0.29, 0.717) is 11.5 Å². The molecule has 5 atom stereocenters. The zero-order valence-corrected chi connectivity index (χ0v) is 21.1. The Kier molecular flexibility index (Phi) is 5.16. The zero-order valence-electron chi connectivity index (χ0n) is 19.1. The van der Waals surface area contributed by atoms with Crippen LogP contribution in [-0.2, 0) is 10.8 Å². The van der Waals surface area contributed by atoms with Gasteiger partial charge in [-0.2, -0.15) is 0 Å². The minimum absolute atomic E-state index is 0.403. The highest BCUT2D eigenvalue weighted by Gasteiger charge is 2.55. The first kappa shape index (κ1) is 20.7. The molecule has 2 fully saturated rings. The van der Waals surface area contributed by atoms with E-state index < -0.39 is 16.6 Å². The lowest BCUT2D eigenvalue weighted by molar-refractivity contribution is -0.0140. The SMILES string of the molecule is C[C@]12CCC3c4ccc(O[Si](C)(C)C)cc4CCC3C1CC[C@@H]2O[Si](C)(C)C. The predicted octanol–water partition coefficient (Wildman–Crippen LogP) is 6.98. The fourth-order valence-corrected chi connectivity index (χ4v) is 8.62. The van der Waals surface area contributed by atoms with E-state index in [2.05, 4.69) is 64.4 Å². The number of hydrogen-bond donors (Lipinski definition) is 0. The van der Waals surface area contributed by atoms with Crippen molar-refractivity contribution in [2.45, 2.75) is 96.8 Å². The number of benzene rings is 1. The molecule has 1 aromatic carbocycles. The molecular weight excluding hydrogens is 376 g/mol. The minimum Gasteiger partial charge on any atom is -0.544 e. The van der Waals surface area contributed by atoms with Crippen LogP contribution in [0.5, 0.6) is 5.75 Å². The summed E-state index contributed by atoms with van der Waals surface area (Å²) < 4.78 is 13.0. The zero-order chi connectivity index (χ0) is 20.3. The molecule has 2 saturated carbocycles. The molecule has 0 N–H and O–H groups in total. The second-order valence-electron chi connectivity index (χ2n) is 11.8. The van der Waals surface area contributed by atoms with Crippen LogP contribution in [0.25, 0.3) is 0 Å². The average molecular weight is 417 g/mol. The van der Waals surface area contributed by atoms with E-state index in [1.807, 2.05) is 0 Å². The molecule has 4 rings (SSSR count). The smallest absolute Gasteiger partial charge is 0.242 e. The van der Waals surface area contributed by atoms with Crippen molar-refractivity contribution < 1.29 is 8.85 Å². The van der Waals surface area contributed by atoms with Gasteiger partial charge in [0.15, 0.2) is 8.32 Å². The highest BCUT2D eigenvalue weighted by atomic mass is 28.4. The van der Waals surface area contributed by atoms with Crippen molar-refractivity contribution in [2.75, 3.05) is 0 Å². The van der Waals surface area contributed by atoms with Gasteiger partial charge >= 0.3 is 0 Å². The molecule has 0 aromatic heterocycles. The third-order valence-corrected chi connectivity index (χ3v) is 9.37. The van der Waals surface area contributed by atoms with E-state index in [1.165, 1.54) is 38.5 Å². The van der Waals surface area contributed by atoms with Gasteiger partial charge in [0.1, 0.15) is 5.75 Å². The van der Waals surface area contributed by atoms with Crippen molar-refractivity contribution in [1.29, 1.82) is 0 Å². The van der Waals surface area contributed by atoms with Gasteiger partial charge < -0.3 is 8.85 Å². The van der Waals surface area contributed by atoms with E-state index in [1.54, 1.807) is 11.1 Å². The molecule has 0 spiro atoms. The van der Waals surface area contributed by atoms with Crippen LogP contribution in [0.4, 0.5) is 0 Å². The number of hydrogen-bond acceptors (Lipinski definition) is 2. The van der Waals surface area contributed by atoms with Gasteiger partial charge in [0.25, 0.3) is 0 Å². The molecule has 28 heavy (non-hydrogen) atoms. The lowest BCUT2D eigenvalue weighted by atomic mass is 9.55. The Balaban J connectivity index is 1.56. The summed E-state index contributed by atoms with van der Waals surface area (Å²) in [6.07, 6.45) is 8.41. The maximum absolute atomic E-state index is 6.71. The van der Waals surface area contributed by atoms with E-state index in [-0.39, 0.29) is 0 Å². The van der Waals surface area contributed by atoms with Gasteiger partial charge in [-0.1, -0.05) is 13.0 Å². The van der Waals surface area contributed by atoms with Crippen LogP contribution in [0, 0.1) is 17.3 Å². The fraction of sp³-hybridized carbons (Fsp3) is 0.750. The van der Waals surface area contributed by atoms with Crippen molar-refractivity contribution >= 4 is 16.6 Å². The molecule has 0 heterocycles. The molecule has 2 nitrogen and oxygen atoms in total. The second-order valence-corrected chi connectivity index (χ2v) is 20.7. The highest BCUT2D eigenvalue weighted by molar-refractivity contribution is 6.70. The molecule has 0 saturated heterocycles. The predicted molar refractivity (Wildman–Crippen MR) is 123 cm³/mol. The van der Waals surface area contributed by atoms with Crippen LogP contribution in [0.3, 0.4) is 0 Å². The van der Waals surface area contributed by atoms with E-state index in [9.17, 15) is 0 Å². The second kappa shape index (κ2) is 6.99. The van der Waals surface area contributed by atoms with Crippen molar-refractivity contribution in [1.82, 2.24) is 0 Å². The molecule has 4 heteroatoms. The summed E-state index contributed by atoms with van der Waals surface area (Å²) >= 11 is 0. The molecule has 0 aliphatic heterocycles. The van der Waals surface area contributed by atoms with Gasteiger partial charge in [0.2, 0.25) is 8.32 Å². The third kappa shape index (κ3) is 3.89. The summed E-state index contributed by atoms with van der Waals surface area (Å²) in [5, 5.41) is 0. The monoisotopic (exact) mass is 416 g/mol. The fourth-order valence-electron chi connectivity index (χ4n) is 6.55. The van der Waals surface area contributed by atoms with Crippen LogP contribution in [0.2, 0.25) is 39.3 Å². The van der Waals surface area contributed by atoms with Crippen LogP contribution in [0.1, 0.15) is 56.1 Å². The molecular formula is C24H40O2Si2. The maximum atomic E-state index is 6.71. The minimum atomic E-state index is -1.54. The van der Waals surface area contributed by atoms with Gasteiger partial charge in [-0.15, -0.1) is 0 Å². The Morgan fingerprint density at radius 3 is 2.36 bits per heavy atom. The molecule has 3 aliphatic rings. The Bertz CT molecular complexity index is 733. The maximum Gasteiger partial charge on any atom is 0.242 e. The molecule has 1 aromatic rings. The number of fused-ring (bicyclic) bond motifs is 5. The molecule has 3 unspecified atom stereocenters. The van der Waals surface area contributed by atoms with Gasteiger partial charge in [0, 0.05) is 0 Å². The Hall–Kier alpha value is -0.586. The van der Waals surface area contributed by atoms with Crippen molar-refractivity contribution in [3.8, 4) is 5.75 Å². The van der Waals surface area contributed by atoms with Crippen LogP contribution in [0.15, 0.2) is 18.2 Å². The average Bonchev–Trinajstić information content (AvgIpc) is 2.88. The molecule has 3 aliphatic carbocycles. The summed E-state index contributed by atoms with van der Waals surface area (Å²) in [4.78, 5) is 0. The van der Waals surface area contributed by atoms with Crippen LogP contribution in [-0.4, -0.2) is 22.7 Å². The van der Waals surface area contributed by atoms with Gasteiger partial charge in [-0.25, -0.2) is 0 Å². The first-order chi connectivity index (χ1) is 13.0. The summed E-state index contributed by atoms with van der Waals surface area (Å²) in [6.45, 7) is 16.4. The van der Waals surface area contributed by atoms with Crippen molar-refractivity contribution in [2.24, 2.45) is 17.3 Å². The molecule has 156 valence electrons. The summed E-state index contributed by atoms with van der Waals surface area (Å²) in [7, 11) is -3.03. The lowest BCUT2D eigenvalue weighted by Crippen LogP contribution is -2.47. The standard InChI is InChI=1S/C24H40O2Si2/c1-24-15-14-20-19-11-9-18(25-27(2,3)4)16-17(19)8-10-21(20)22(24)12-13-23(24)26-28(5,6)7/h9,11,16,20-23H,8,10,12-15H2,1-7H3/t20?,21?,22?,23-,24-/m0/s1. The first-order valence-corrected chi connectivity index (χ1v) is 18.3. The molecule has 0 radical (unpaired) electrons. The number of rotatable bonds is 4. The van der Waals surface area contributed by atoms with E-state index >= 15 is 0 Å². The largest absolute Gasteiger partial charge is 0.544 e. The quantitative estimate of drug-likeness (QED) is 0.493. The summed E-state index contributed by atoms with van der Waals surface area (Å²) in [5.41, 5.74) is 3.60. The van der Waals surface area contributed by atoms with Gasteiger partial charge in [-0.05, 0) is 124 Å². The van der Waals surface area contributed by atoms with E-state index in [0.717, 1.165) is 23.5 Å². The normalized spacial score (nSPS) is 35.1. The van der Waals surface area contributed by atoms with Gasteiger partial charge in [-0.3, -0.25) is 0 Å². The lowest BCUT2D eigenvalue weighted by Gasteiger charge is -2.51. The highest BCUT2D eigenvalue weighted by Crippen LogP contribution is 2.61. The first-order valence-electron chi connectivity index (χ1n) is 11.5. The van der Waals surface area contributed by atoms with E-state index in [4.69, 9.17) is 8.85 Å².